The molecule has 1 aliphatic carbocycles. The number of rotatable bonds is 5. The smallest absolute Gasteiger partial charge is 0.211 e. The van der Waals surface area contributed by atoms with E-state index in [4.69, 9.17) is 0 Å². The average molecular weight is 300 g/mol. The number of hydrogen-bond donors (Lipinski definition) is 2. The number of anilines is 1. The van der Waals surface area contributed by atoms with Gasteiger partial charge in [-0.15, -0.1) is 0 Å². The van der Waals surface area contributed by atoms with Gasteiger partial charge in [0.2, 0.25) is 6.41 Å². The number of amides is 1. The molecular weight excluding hydrogens is 272 g/mol. The number of piperidine rings is 1. The molecular formula is C19H28N2O. The summed E-state index contributed by atoms with van der Waals surface area (Å²) in [4.78, 5) is 10.9. The van der Waals surface area contributed by atoms with Gasteiger partial charge in [-0.2, -0.15) is 0 Å². The molecule has 3 heteroatoms. The van der Waals surface area contributed by atoms with Gasteiger partial charge in [-0.25, -0.2) is 0 Å². The molecule has 3 rings (SSSR count). The van der Waals surface area contributed by atoms with Crippen LogP contribution in [-0.4, -0.2) is 19.0 Å². The second kappa shape index (κ2) is 7.28. The zero-order chi connectivity index (χ0) is 15.4. The second-order valence-electron chi connectivity index (χ2n) is 6.92. The highest BCUT2D eigenvalue weighted by molar-refractivity contribution is 5.73. The van der Waals surface area contributed by atoms with E-state index in [9.17, 15) is 4.79 Å². The maximum atomic E-state index is 10.9. The summed E-state index contributed by atoms with van der Waals surface area (Å²) in [5.74, 6) is 2.28. The van der Waals surface area contributed by atoms with E-state index in [1.807, 2.05) is 12.1 Å². The van der Waals surface area contributed by atoms with E-state index < -0.39 is 0 Å². The highest BCUT2D eigenvalue weighted by Crippen LogP contribution is 2.40. The van der Waals surface area contributed by atoms with Crippen LogP contribution >= 0.6 is 0 Å². The highest BCUT2D eigenvalue weighted by atomic mass is 16.1. The van der Waals surface area contributed by atoms with Crippen LogP contribution in [0.4, 0.5) is 5.69 Å². The summed E-state index contributed by atoms with van der Waals surface area (Å²) in [6.07, 6.45) is 8.82. The lowest BCUT2D eigenvalue weighted by Crippen LogP contribution is -2.47. The van der Waals surface area contributed by atoms with Crippen molar-refractivity contribution in [3.63, 3.8) is 0 Å². The molecule has 0 bridgehead atoms. The third-order valence-electron chi connectivity index (χ3n) is 5.77. The fourth-order valence-electron chi connectivity index (χ4n) is 4.62. The lowest BCUT2D eigenvalue weighted by Gasteiger charge is -2.43. The molecule has 1 saturated heterocycles. The Hall–Kier alpha value is -1.35. The minimum Gasteiger partial charge on any atom is -0.328 e. The first-order valence-corrected chi connectivity index (χ1v) is 8.86. The van der Waals surface area contributed by atoms with E-state index in [1.54, 1.807) is 0 Å². The van der Waals surface area contributed by atoms with Gasteiger partial charge >= 0.3 is 0 Å². The standard InChI is InChI=1S/C19H28N2O/c1-2-16(17-9-5-6-10-18(17)21-13-22)19-11-14-7-3-4-8-15(14)12-20-19/h5-6,9-10,13-16,19-20H,2-4,7-8,11-12H2,1H3,(H,21,22). The van der Waals surface area contributed by atoms with Crippen LogP contribution in [0.5, 0.6) is 0 Å². The third kappa shape index (κ3) is 3.19. The Morgan fingerprint density at radius 3 is 2.82 bits per heavy atom. The van der Waals surface area contributed by atoms with Crippen LogP contribution in [0.25, 0.3) is 0 Å². The Balaban J connectivity index is 1.78. The number of para-hydroxylation sites is 1. The molecule has 1 aromatic carbocycles. The molecule has 1 aromatic rings. The average Bonchev–Trinajstić information content (AvgIpc) is 2.57. The second-order valence-corrected chi connectivity index (χ2v) is 6.92. The lowest BCUT2D eigenvalue weighted by atomic mass is 9.70. The van der Waals surface area contributed by atoms with E-state index in [-0.39, 0.29) is 0 Å². The molecule has 4 unspecified atom stereocenters. The first-order chi connectivity index (χ1) is 10.8. The van der Waals surface area contributed by atoms with E-state index in [1.165, 1.54) is 44.2 Å². The van der Waals surface area contributed by atoms with Crippen molar-refractivity contribution in [2.24, 2.45) is 11.8 Å². The molecule has 0 spiro atoms. The summed E-state index contributed by atoms with van der Waals surface area (Å²) in [6.45, 7) is 3.44. The molecule has 1 aliphatic heterocycles. The molecule has 2 N–H and O–H groups in total. The normalized spacial score (nSPS) is 29.4. The first kappa shape index (κ1) is 15.5. The molecule has 0 aromatic heterocycles. The topological polar surface area (TPSA) is 41.1 Å². The van der Waals surface area contributed by atoms with E-state index in [0.29, 0.717) is 12.0 Å². The molecule has 1 heterocycles. The Bertz CT molecular complexity index is 502. The van der Waals surface area contributed by atoms with Crippen molar-refractivity contribution in [1.82, 2.24) is 5.32 Å². The fourth-order valence-corrected chi connectivity index (χ4v) is 4.62. The molecule has 4 atom stereocenters. The van der Waals surface area contributed by atoms with Crippen LogP contribution in [0.3, 0.4) is 0 Å². The monoisotopic (exact) mass is 300 g/mol. The van der Waals surface area contributed by atoms with Gasteiger partial charge in [0.1, 0.15) is 0 Å². The fraction of sp³-hybridized carbons (Fsp3) is 0.632. The lowest BCUT2D eigenvalue weighted by molar-refractivity contribution is -0.105. The molecule has 22 heavy (non-hydrogen) atoms. The Morgan fingerprint density at radius 2 is 2.05 bits per heavy atom. The van der Waals surface area contributed by atoms with Crippen LogP contribution in [0.2, 0.25) is 0 Å². The van der Waals surface area contributed by atoms with Crippen molar-refractivity contribution >= 4 is 12.1 Å². The van der Waals surface area contributed by atoms with E-state index in [2.05, 4.69) is 29.7 Å². The Labute approximate surface area is 133 Å². The highest BCUT2D eigenvalue weighted by Gasteiger charge is 2.35. The van der Waals surface area contributed by atoms with Crippen molar-refractivity contribution in [1.29, 1.82) is 0 Å². The molecule has 0 radical (unpaired) electrons. The van der Waals surface area contributed by atoms with Crippen molar-refractivity contribution in [3.8, 4) is 0 Å². The van der Waals surface area contributed by atoms with Crippen molar-refractivity contribution in [2.75, 3.05) is 11.9 Å². The van der Waals surface area contributed by atoms with Crippen LogP contribution in [0.1, 0.15) is 56.9 Å². The molecule has 2 aliphatic rings. The van der Waals surface area contributed by atoms with Crippen LogP contribution < -0.4 is 10.6 Å². The minimum atomic E-state index is 0.478. The first-order valence-electron chi connectivity index (χ1n) is 8.86. The predicted molar refractivity (Wildman–Crippen MR) is 91.0 cm³/mol. The maximum absolute atomic E-state index is 10.9. The number of carbonyl (C=O) groups excluding carboxylic acids is 1. The SMILES string of the molecule is CCC(c1ccccc1NC=O)C1CC2CCCCC2CN1. The summed E-state index contributed by atoms with van der Waals surface area (Å²) in [5, 5.41) is 6.70. The Morgan fingerprint density at radius 1 is 1.27 bits per heavy atom. The van der Waals surface area contributed by atoms with Gasteiger partial charge in [-0.3, -0.25) is 4.79 Å². The van der Waals surface area contributed by atoms with Gasteiger partial charge in [0.25, 0.3) is 0 Å². The summed E-state index contributed by atoms with van der Waals surface area (Å²) in [6, 6.07) is 8.81. The molecule has 120 valence electrons. The third-order valence-corrected chi connectivity index (χ3v) is 5.77. The number of nitrogens with one attached hydrogen (secondary N) is 2. The molecule has 2 fully saturated rings. The number of carbonyl (C=O) groups is 1. The molecule has 3 nitrogen and oxygen atoms in total. The van der Waals surface area contributed by atoms with Gasteiger partial charge in [-0.1, -0.05) is 44.4 Å². The number of fused-ring (bicyclic) bond motifs is 1. The zero-order valence-electron chi connectivity index (χ0n) is 13.6. The van der Waals surface area contributed by atoms with E-state index in [0.717, 1.165) is 30.4 Å². The van der Waals surface area contributed by atoms with Gasteiger partial charge in [0.15, 0.2) is 0 Å². The van der Waals surface area contributed by atoms with Crippen LogP contribution in [0.15, 0.2) is 24.3 Å². The number of benzene rings is 1. The summed E-state index contributed by atoms with van der Waals surface area (Å²) >= 11 is 0. The van der Waals surface area contributed by atoms with Gasteiger partial charge in [0.05, 0.1) is 0 Å². The minimum absolute atomic E-state index is 0.478. The summed E-state index contributed by atoms with van der Waals surface area (Å²) in [7, 11) is 0. The summed E-state index contributed by atoms with van der Waals surface area (Å²) in [5.41, 5.74) is 2.25. The van der Waals surface area contributed by atoms with Crippen molar-refractivity contribution in [3.05, 3.63) is 29.8 Å². The van der Waals surface area contributed by atoms with Gasteiger partial charge < -0.3 is 10.6 Å². The number of hydrogen-bond acceptors (Lipinski definition) is 2. The largest absolute Gasteiger partial charge is 0.328 e. The summed E-state index contributed by atoms with van der Waals surface area (Å²) < 4.78 is 0. The van der Waals surface area contributed by atoms with Crippen molar-refractivity contribution < 1.29 is 4.79 Å². The van der Waals surface area contributed by atoms with Gasteiger partial charge in [-0.05, 0) is 49.3 Å². The maximum Gasteiger partial charge on any atom is 0.211 e. The Kier molecular flexibility index (Phi) is 5.14. The molecule has 1 amide bonds. The van der Waals surface area contributed by atoms with Crippen LogP contribution in [-0.2, 0) is 4.79 Å². The zero-order valence-corrected chi connectivity index (χ0v) is 13.6. The van der Waals surface area contributed by atoms with Crippen LogP contribution in [0, 0.1) is 11.8 Å². The predicted octanol–water partition coefficient (Wildman–Crippen LogP) is 3.92. The molecule has 1 saturated carbocycles. The van der Waals surface area contributed by atoms with Crippen molar-refractivity contribution in [2.45, 2.75) is 57.4 Å². The van der Waals surface area contributed by atoms with Gasteiger partial charge in [0, 0.05) is 17.6 Å². The quantitative estimate of drug-likeness (QED) is 0.809. The van der Waals surface area contributed by atoms with E-state index >= 15 is 0 Å².